The molecule has 1 rings (SSSR count). The Balaban J connectivity index is 2.29. The minimum atomic E-state index is -1.56. The van der Waals surface area contributed by atoms with E-state index < -0.39 is 49.5 Å². The number of hydrogen-bond acceptors (Lipinski definition) is 8. The Bertz CT molecular complexity index is 935. The molecule has 350 valence electrons. The highest BCUT2D eigenvalue weighted by atomic mass is 16.7. The molecule has 0 bridgehead atoms. The molecule has 1 heterocycles. The maximum atomic E-state index is 13.0. The van der Waals surface area contributed by atoms with Crippen molar-refractivity contribution in [2.75, 3.05) is 13.2 Å². The third-order valence-corrected chi connectivity index (χ3v) is 12.4. The molecule has 0 saturated carbocycles. The van der Waals surface area contributed by atoms with Gasteiger partial charge in [0.2, 0.25) is 5.91 Å². The number of carbonyl (C=O) groups excluding carboxylic acids is 1. The number of ether oxygens (including phenoxy) is 2. The van der Waals surface area contributed by atoms with Gasteiger partial charge in [0.05, 0.1) is 25.4 Å². The fraction of sp³-hybridized carbons (Fsp3) is 0.940. The summed E-state index contributed by atoms with van der Waals surface area (Å²) in [6, 6.07) is -0.799. The van der Waals surface area contributed by atoms with E-state index >= 15 is 0 Å². The molecule has 0 aromatic carbocycles. The van der Waals surface area contributed by atoms with Gasteiger partial charge in [-0.3, -0.25) is 4.79 Å². The summed E-state index contributed by atoms with van der Waals surface area (Å²) in [5, 5.41) is 54.3. The number of aliphatic hydroxyl groups excluding tert-OH is 5. The Morgan fingerprint density at radius 3 is 1.32 bits per heavy atom. The summed E-state index contributed by atoms with van der Waals surface area (Å²) in [5.41, 5.74) is 0. The average Bonchev–Trinajstić information content (AvgIpc) is 3.23. The van der Waals surface area contributed by atoms with Crippen molar-refractivity contribution in [2.45, 2.75) is 288 Å². The highest BCUT2D eigenvalue weighted by Crippen LogP contribution is 2.23. The molecule has 0 aromatic rings. The molecule has 2 unspecified atom stereocenters. The summed E-state index contributed by atoms with van der Waals surface area (Å²) < 4.78 is 11.2. The van der Waals surface area contributed by atoms with Crippen LogP contribution >= 0.6 is 0 Å². The van der Waals surface area contributed by atoms with Crippen molar-refractivity contribution in [1.82, 2.24) is 5.32 Å². The Hall–Kier alpha value is -1.07. The van der Waals surface area contributed by atoms with Crippen LogP contribution in [0.1, 0.15) is 245 Å². The summed E-state index contributed by atoms with van der Waals surface area (Å²) >= 11 is 0. The number of hydrogen-bond donors (Lipinski definition) is 6. The van der Waals surface area contributed by atoms with Gasteiger partial charge in [-0.15, -0.1) is 0 Å². The van der Waals surface area contributed by atoms with Gasteiger partial charge in [-0.1, -0.05) is 231 Å². The lowest BCUT2D eigenvalue weighted by molar-refractivity contribution is -0.302. The van der Waals surface area contributed by atoms with Gasteiger partial charge < -0.3 is 40.3 Å². The topological polar surface area (TPSA) is 149 Å². The molecule has 0 spiro atoms. The van der Waals surface area contributed by atoms with Crippen LogP contribution in [0.5, 0.6) is 0 Å². The van der Waals surface area contributed by atoms with Crippen LogP contribution in [0.3, 0.4) is 0 Å². The normalized spacial score (nSPS) is 20.7. The number of aliphatic hydroxyl groups is 5. The summed E-state index contributed by atoms with van der Waals surface area (Å²) in [6.45, 7) is 3.80. The fourth-order valence-corrected chi connectivity index (χ4v) is 8.28. The molecule has 0 aliphatic carbocycles. The van der Waals surface area contributed by atoms with Gasteiger partial charge in [-0.25, -0.2) is 0 Å². The first kappa shape index (κ1) is 55.9. The third kappa shape index (κ3) is 31.4. The van der Waals surface area contributed by atoms with Crippen molar-refractivity contribution in [1.29, 1.82) is 0 Å². The maximum absolute atomic E-state index is 13.0. The van der Waals surface area contributed by atoms with Crippen LogP contribution in [0.25, 0.3) is 0 Å². The molecule has 9 heteroatoms. The van der Waals surface area contributed by atoms with Crippen molar-refractivity contribution in [2.24, 2.45) is 0 Å². The summed E-state index contributed by atoms with van der Waals surface area (Å²) in [4.78, 5) is 13.0. The Morgan fingerprint density at radius 2 is 0.932 bits per heavy atom. The molecule has 1 fully saturated rings. The van der Waals surface area contributed by atoms with Gasteiger partial charge in [-0.2, -0.15) is 0 Å². The zero-order valence-corrected chi connectivity index (χ0v) is 38.5. The van der Waals surface area contributed by atoms with Gasteiger partial charge in [0, 0.05) is 6.42 Å². The van der Waals surface area contributed by atoms with E-state index in [-0.39, 0.29) is 12.5 Å². The van der Waals surface area contributed by atoms with E-state index in [9.17, 15) is 30.3 Å². The minimum absolute atomic E-state index is 0.172. The fourth-order valence-electron chi connectivity index (χ4n) is 8.28. The Kier molecular flexibility index (Phi) is 38.9. The van der Waals surface area contributed by atoms with Crippen molar-refractivity contribution in [3.05, 3.63) is 12.2 Å². The van der Waals surface area contributed by atoms with Crippen molar-refractivity contribution in [3.8, 4) is 0 Å². The number of amides is 1. The Labute approximate surface area is 363 Å². The molecule has 59 heavy (non-hydrogen) atoms. The first-order valence-electron chi connectivity index (χ1n) is 25.4. The lowest BCUT2D eigenvalue weighted by atomic mass is 9.99. The van der Waals surface area contributed by atoms with E-state index in [1.807, 2.05) is 6.08 Å². The monoisotopic (exact) mass is 840 g/mol. The molecule has 6 N–H and O–H groups in total. The number of carbonyl (C=O) groups is 1. The van der Waals surface area contributed by atoms with Crippen LogP contribution in [-0.4, -0.2) is 87.5 Å². The molecule has 1 saturated heterocycles. The second-order valence-corrected chi connectivity index (χ2v) is 18.0. The molecule has 0 radical (unpaired) electrons. The van der Waals surface area contributed by atoms with E-state index in [0.29, 0.717) is 6.42 Å². The van der Waals surface area contributed by atoms with E-state index in [1.54, 1.807) is 6.08 Å². The lowest BCUT2D eigenvalue weighted by Crippen LogP contribution is -2.60. The number of nitrogens with one attached hydrogen (secondary N) is 1. The van der Waals surface area contributed by atoms with Gasteiger partial charge in [0.1, 0.15) is 24.4 Å². The van der Waals surface area contributed by atoms with Crippen molar-refractivity contribution >= 4 is 5.91 Å². The zero-order valence-electron chi connectivity index (χ0n) is 38.5. The number of unbranched alkanes of at least 4 members (excludes halogenated alkanes) is 33. The second-order valence-electron chi connectivity index (χ2n) is 18.0. The van der Waals surface area contributed by atoms with Crippen molar-refractivity contribution in [3.63, 3.8) is 0 Å². The van der Waals surface area contributed by atoms with Gasteiger partial charge in [0.25, 0.3) is 0 Å². The van der Waals surface area contributed by atoms with Gasteiger partial charge in [-0.05, 0) is 19.3 Å². The summed E-state index contributed by atoms with van der Waals surface area (Å²) in [5.74, 6) is -0.172. The standard InChI is InChI=1S/C50H97NO8/c1-3-5-7-9-11-13-15-17-19-21-22-24-26-28-30-32-34-36-38-40-46(54)51-43(42-58-50-49(57)48(56)47(55)45(41-52)59-50)44(53)39-37-35-33-31-29-27-25-23-20-18-16-14-12-10-8-6-4-2/h37,39,43-45,47-50,52-53,55-57H,3-36,38,40-42H2,1-2H3,(H,51,54)/b39-37+/t43-,44+,45+,47+,48?,49?,50+/m0/s1. The van der Waals surface area contributed by atoms with E-state index in [2.05, 4.69) is 19.2 Å². The number of rotatable bonds is 43. The van der Waals surface area contributed by atoms with Crippen molar-refractivity contribution < 1.29 is 39.8 Å². The summed E-state index contributed by atoms with van der Waals surface area (Å²) in [7, 11) is 0. The SMILES string of the molecule is CCCCCCCCCCCCCCCCC/C=C/[C@@H](O)[C@H](CO[C@@H]1O[C@H](CO)[C@@H](O)C(O)C1O)NC(=O)CCCCCCCCCCCCCCCCCCCCC. The molecule has 1 amide bonds. The van der Waals surface area contributed by atoms with Crippen LogP contribution in [0.4, 0.5) is 0 Å². The minimum Gasteiger partial charge on any atom is -0.394 e. The first-order valence-corrected chi connectivity index (χ1v) is 25.4. The first-order chi connectivity index (χ1) is 28.8. The summed E-state index contributed by atoms with van der Waals surface area (Å²) in [6.07, 6.45) is 41.1. The van der Waals surface area contributed by atoms with E-state index in [4.69, 9.17) is 9.47 Å². The van der Waals surface area contributed by atoms with E-state index in [0.717, 1.165) is 38.5 Å². The van der Waals surface area contributed by atoms with Crippen LogP contribution in [-0.2, 0) is 14.3 Å². The average molecular weight is 840 g/mol. The van der Waals surface area contributed by atoms with E-state index in [1.165, 1.54) is 186 Å². The molecule has 0 aromatic heterocycles. The largest absolute Gasteiger partial charge is 0.394 e. The highest BCUT2D eigenvalue weighted by Gasteiger charge is 2.44. The smallest absolute Gasteiger partial charge is 0.220 e. The molecule has 9 nitrogen and oxygen atoms in total. The second kappa shape index (κ2) is 41.0. The third-order valence-electron chi connectivity index (χ3n) is 12.4. The zero-order chi connectivity index (χ0) is 43.0. The van der Waals surface area contributed by atoms with Crippen LogP contribution in [0.2, 0.25) is 0 Å². The van der Waals surface area contributed by atoms with Crippen LogP contribution in [0, 0.1) is 0 Å². The lowest BCUT2D eigenvalue weighted by Gasteiger charge is -2.40. The highest BCUT2D eigenvalue weighted by molar-refractivity contribution is 5.76. The predicted octanol–water partition coefficient (Wildman–Crippen LogP) is 11.3. The van der Waals surface area contributed by atoms with Gasteiger partial charge >= 0.3 is 0 Å². The maximum Gasteiger partial charge on any atom is 0.220 e. The molecule has 1 aliphatic rings. The molecule has 7 atom stereocenters. The van der Waals surface area contributed by atoms with Gasteiger partial charge in [0.15, 0.2) is 6.29 Å². The number of allylic oxidation sites excluding steroid dienone is 1. The Morgan fingerprint density at radius 1 is 0.559 bits per heavy atom. The molecular formula is C50H97NO8. The quantitative estimate of drug-likeness (QED) is 0.0263. The van der Waals surface area contributed by atoms with Crippen LogP contribution in [0.15, 0.2) is 12.2 Å². The molecule has 1 aliphatic heterocycles. The van der Waals surface area contributed by atoms with Crippen LogP contribution < -0.4 is 5.32 Å². The predicted molar refractivity (Wildman–Crippen MR) is 244 cm³/mol. The molecular weight excluding hydrogens is 743 g/mol.